The third-order valence-corrected chi connectivity index (χ3v) is 2.99. The molecule has 0 unspecified atom stereocenters. The van der Waals surface area contributed by atoms with Crippen LogP contribution in [0.2, 0.25) is 0 Å². The summed E-state index contributed by atoms with van der Waals surface area (Å²) >= 11 is 0. The van der Waals surface area contributed by atoms with E-state index in [2.05, 4.69) is 5.32 Å². The van der Waals surface area contributed by atoms with E-state index in [1.807, 2.05) is 51.1 Å². The Balaban J connectivity index is 2.10. The van der Waals surface area contributed by atoms with Crippen LogP contribution < -0.4 is 15.8 Å². The first-order valence-corrected chi connectivity index (χ1v) is 6.90. The third-order valence-electron chi connectivity index (χ3n) is 2.99. The van der Waals surface area contributed by atoms with Crippen molar-refractivity contribution in [3.8, 4) is 5.75 Å². The van der Waals surface area contributed by atoms with Gasteiger partial charge < -0.3 is 15.8 Å². The molecule has 0 fully saturated rings. The molecule has 4 nitrogen and oxygen atoms in total. The summed E-state index contributed by atoms with van der Waals surface area (Å²) in [6, 6.07) is 12.6. The quantitative estimate of drug-likeness (QED) is 0.843. The highest BCUT2D eigenvalue weighted by molar-refractivity contribution is 6.05. The van der Waals surface area contributed by atoms with Crippen molar-refractivity contribution in [2.75, 3.05) is 11.1 Å². The van der Waals surface area contributed by atoms with E-state index in [9.17, 15) is 4.79 Å². The molecular formula is C17H20N2O2. The Morgan fingerprint density at radius 1 is 1.14 bits per heavy atom. The molecule has 0 spiro atoms. The van der Waals surface area contributed by atoms with Crippen molar-refractivity contribution in [3.63, 3.8) is 0 Å². The fraction of sp³-hybridized carbons (Fsp3) is 0.235. The maximum absolute atomic E-state index is 12.3. The molecule has 0 aliphatic rings. The number of ether oxygens (including phenoxy) is 1. The van der Waals surface area contributed by atoms with Gasteiger partial charge in [0.25, 0.3) is 5.91 Å². The molecule has 2 aromatic rings. The number of nitrogens with two attached hydrogens (primary N) is 1. The first kappa shape index (κ1) is 14.9. The summed E-state index contributed by atoms with van der Waals surface area (Å²) in [4.78, 5) is 12.3. The van der Waals surface area contributed by atoms with E-state index in [1.54, 1.807) is 12.1 Å². The normalized spacial score (nSPS) is 10.5. The molecule has 3 N–H and O–H groups in total. The zero-order valence-electron chi connectivity index (χ0n) is 12.5. The molecule has 0 bridgehead atoms. The van der Waals surface area contributed by atoms with Crippen molar-refractivity contribution in [1.29, 1.82) is 0 Å². The lowest BCUT2D eigenvalue weighted by Crippen LogP contribution is -2.13. The Labute approximate surface area is 124 Å². The zero-order chi connectivity index (χ0) is 15.4. The van der Waals surface area contributed by atoms with Gasteiger partial charge in [0.2, 0.25) is 0 Å². The molecule has 0 aromatic heterocycles. The third kappa shape index (κ3) is 3.99. The first-order valence-electron chi connectivity index (χ1n) is 6.90. The van der Waals surface area contributed by atoms with Crippen LogP contribution in [0.3, 0.4) is 0 Å². The summed E-state index contributed by atoms with van der Waals surface area (Å²) in [5, 5.41) is 2.86. The van der Waals surface area contributed by atoms with Gasteiger partial charge >= 0.3 is 0 Å². The monoisotopic (exact) mass is 284 g/mol. The zero-order valence-corrected chi connectivity index (χ0v) is 12.5. The minimum absolute atomic E-state index is 0.125. The van der Waals surface area contributed by atoms with E-state index in [1.165, 1.54) is 0 Å². The Morgan fingerprint density at radius 2 is 1.81 bits per heavy atom. The van der Waals surface area contributed by atoms with E-state index >= 15 is 0 Å². The van der Waals surface area contributed by atoms with E-state index in [4.69, 9.17) is 10.5 Å². The smallest absolute Gasteiger partial charge is 0.256 e. The maximum Gasteiger partial charge on any atom is 0.256 e. The Morgan fingerprint density at radius 3 is 2.43 bits per heavy atom. The number of hydrogen-bond donors (Lipinski definition) is 2. The molecule has 0 saturated carbocycles. The van der Waals surface area contributed by atoms with Gasteiger partial charge in [0, 0.05) is 16.9 Å². The van der Waals surface area contributed by atoms with E-state index < -0.39 is 0 Å². The molecule has 2 rings (SSSR count). The Hall–Kier alpha value is -2.49. The number of rotatable bonds is 4. The fourth-order valence-electron chi connectivity index (χ4n) is 1.97. The average molecular weight is 284 g/mol. The van der Waals surface area contributed by atoms with Crippen LogP contribution in [0.5, 0.6) is 5.75 Å². The molecule has 2 aromatic carbocycles. The summed E-state index contributed by atoms with van der Waals surface area (Å²) in [7, 11) is 0. The molecule has 0 saturated heterocycles. The molecule has 0 heterocycles. The first-order chi connectivity index (χ1) is 9.95. The molecular weight excluding hydrogens is 264 g/mol. The molecule has 0 atom stereocenters. The maximum atomic E-state index is 12.3. The van der Waals surface area contributed by atoms with Crippen molar-refractivity contribution in [1.82, 2.24) is 0 Å². The lowest BCUT2D eigenvalue weighted by Gasteiger charge is -2.11. The second kappa shape index (κ2) is 6.31. The van der Waals surface area contributed by atoms with Gasteiger partial charge in [0.05, 0.1) is 6.10 Å². The number of nitrogens with one attached hydrogen (secondary N) is 1. The van der Waals surface area contributed by atoms with Crippen LogP contribution in [0.4, 0.5) is 11.4 Å². The van der Waals surface area contributed by atoms with Gasteiger partial charge in [-0.1, -0.05) is 6.07 Å². The molecule has 110 valence electrons. The minimum atomic E-state index is -0.169. The molecule has 21 heavy (non-hydrogen) atoms. The van der Waals surface area contributed by atoms with Crippen LogP contribution in [-0.2, 0) is 0 Å². The van der Waals surface area contributed by atoms with Crippen LogP contribution in [0.25, 0.3) is 0 Å². The average Bonchev–Trinajstić information content (AvgIpc) is 2.43. The summed E-state index contributed by atoms with van der Waals surface area (Å²) in [5.74, 6) is 0.612. The fourth-order valence-corrected chi connectivity index (χ4v) is 1.97. The van der Waals surface area contributed by atoms with Crippen LogP contribution in [0.15, 0.2) is 42.5 Å². The van der Waals surface area contributed by atoms with E-state index in [0.29, 0.717) is 11.3 Å². The number of hydrogen-bond acceptors (Lipinski definition) is 3. The second-order valence-corrected chi connectivity index (χ2v) is 5.22. The minimum Gasteiger partial charge on any atom is -0.491 e. The number of anilines is 2. The standard InChI is InChI=1S/C17H20N2O2/c1-11(2)21-15-8-6-14(7-9-15)19-17(20)16-10-13(18)5-4-12(16)3/h4-11H,18H2,1-3H3,(H,19,20). The van der Waals surface area contributed by atoms with Gasteiger partial charge in [-0.05, 0) is 62.7 Å². The van der Waals surface area contributed by atoms with E-state index in [0.717, 1.165) is 17.0 Å². The van der Waals surface area contributed by atoms with Crippen LogP contribution in [0, 0.1) is 6.92 Å². The number of amides is 1. The van der Waals surface area contributed by atoms with E-state index in [-0.39, 0.29) is 12.0 Å². The highest BCUT2D eigenvalue weighted by Gasteiger charge is 2.10. The van der Waals surface area contributed by atoms with Crippen LogP contribution in [0.1, 0.15) is 29.8 Å². The van der Waals surface area contributed by atoms with Gasteiger partial charge in [-0.15, -0.1) is 0 Å². The van der Waals surface area contributed by atoms with Gasteiger partial charge in [-0.25, -0.2) is 0 Å². The highest BCUT2D eigenvalue weighted by atomic mass is 16.5. The predicted octanol–water partition coefficient (Wildman–Crippen LogP) is 3.62. The van der Waals surface area contributed by atoms with Gasteiger partial charge in [0.1, 0.15) is 5.75 Å². The molecule has 0 radical (unpaired) electrons. The largest absolute Gasteiger partial charge is 0.491 e. The lowest BCUT2D eigenvalue weighted by atomic mass is 10.1. The lowest BCUT2D eigenvalue weighted by molar-refractivity contribution is 0.102. The second-order valence-electron chi connectivity index (χ2n) is 5.22. The van der Waals surface area contributed by atoms with Crippen molar-refractivity contribution in [2.45, 2.75) is 26.9 Å². The summed E-state index contributed by atoms with van der Waals surface area (Å²) in [5.41, 5.74) is 8.50. The summed E-state index contributed by atoms with van der Waals surface area (Å²) < 4.78 is 5.56. The van der Waals surface area contributed by atoms with Gasteiger partial charge in [0.15, 0.2) is 0 Å². The number of benzene rings is 2. The molecule has 1 amide bonds. The van der Waals surface area contributed by atoms with Crippen molar-refractivity contribution >= 4 is 17.3 Å². The summed E-state index contributed by atoms with van der Waals surface area (Å²) in [6.45, 7) is 5.82. The number of aryl methyl sites for hydroxylation is 1. The molecule has 0 aliphatic heterocycles. The van der Waals surface area contributed by atoms with Gasteiger partial charge in [-0.2, -0.15) is 0 Å². The highest BCUT2D eigenvalue weighted by Crippen LogP contribution is 2.19. The number of nitrogen functional groups attached to an aromatic ring is 1. The molecule has 4 heteroatoms. The Bertz CT molecular complexity index is 634. The Kier molecular flexibility index (Phi) is 4.48. The van der Waals surface area contributed by atoms with Crippen molar-refractivity contribution in [2.24, 2.45) is 0 Å². The van der Waals surface area contributed by atoms with Crippen LogP contribution >= 0.6 is 0 Å². The SMILES string of the molecule is Cc1ccc(N)cc1C(=O)Nc1ccc(OC(C)C)cc1. The molecule has 0 aliphatic carbocycles. The van der Waals surface area contributed by atoms with Crippen molar-refractivity contribution < 1.29 is 9.53 Å². The number of carbonyl (C=O) groups is 1. The summed E-state index contributed by atoms with van der Waals surface area (Å²) in [6.07, 6.45) is 0.125. The van der Waals surface area contributed by atoms with Gasteiger partial charge in [-0.3, -0.25) is 4.79 Å². The topological polar surface area (TPSA) is 64.4 Å². The van der Waals surface area contributed by atoms with Crippen molar-refractivity contribution in [3.05, 3.63) is 53.6 Å². The van der Waals surface area contributed by atoms with Crippen LogP contribution in [-0.4, -0.2) is 12.0 Å². The predicted molar refractivity (Wildman–Crippen MR) is 85.8 cm³/mol. The number of carbonyl (C=O) groups excluding carboxylic acids is 1.